The molecule has 10 heavy (non-hydrogen) atoms. The van der Waals surface area contributed by atoms with E-state index in [0.717, 1.165) is 5.82 Å². The molecule has 0 aromatic carbocycles. The maximum atomic E-state index is 9.87. The number of imidazole rings is 1. The Morgan fingerprint density at radius 3 is 2.90 bits per heavy atom. The van der Waals surface area contributed by atoms with Gasteiger partial charge in [-0.2, -0.15) is 0 Å². The largest absolute Gasteiger partial charge is 0.410 e. The predicted octanol–water partition coefficient (Wildman–Crippen LogP) is 0.264. The van der Waals surface area contributed by atoms with Crippen LogP contribution in [-0.2, 0) is 11.8 Å². The highest BCUT2D eigenvalue weighted by Gasteiger charge is 2.00. The van der Waals surface area contributed by atoms with Crippen LogP contribution in [0.1, 0.15) is 5.82 Å². The zero-order valence-corrected chi connectivity index (χ0v) is 5.87. The number of aryl methyl sites for hydroxylation is 1. The van der Waals surface area contributed by atoms with Crippen LogP contribution >= 0.6 is 0 Å². The molecular formula is C6H8N2O2. The van der Waals surface area contributed by atoms with Crippen molar-refractivity contribution >= 4 is 6.47 Å². The molecule has 4 heteroatoms. The number of ether oxygens (including phenoxy) is 1. The summed E-state index contributed by atoms with van der Waals surface area (Å²) in [6, 6.07) is 0. The van der Waals surface area contributed by atoms with Crippen molar-refractivity contribution in [1.82, 2.24) is 9.55 Å². The van der Waals surface area contributed by atoms with Gasteiger partial charge in [0, 0.05) is 7.05 Å². The number of nitrogens with zero attached hydrogens (tertiary/aromatic N) is 2. The first-order valence-corrected chi connectivity index (χ1v) is 2.84. The van der Waals surface area contributed by atoms with Gasteiger partial charge in [0.2, 0.25) is 5.88 Å². The van der Waals surface area contributed by atoms with E-state index in [0.29, 0.717) is 12.4 Å². The zero-order chi connectivity index (χ0) is 7.56. The fourth-order valence-electron chi connectivity index (χ4n) is 0.640. The summed E-state index contributed by atoms with van der Waals surface area (Å²) in [4.78, 5) is 13.8. The summed E-state index contributed by atoms with van der Waals surface area (Å²) in [5.74, 6) is 1.28. The highest BCUT2D eigenvalue weighted by atomic mass is 16.5. The van der Waals surface area contributed by atoms with Crippen molar-refractivity contribution in [3.05, 3.63) is 12.0 Å². The second kappa shape index (κ2) is 2.51. The lowest BCUT2D eigenvalue weighted by molar-refractivity contribution is -0.121. The first kappa shape index (κ1) is 6.80. The number of rotatable bonds is 2. The van der Waals surface area contributed by atoms with Gasteiger partial charge >= 0.3 is 0 Å². The van der Waals surface area contributed by atoms with Crippen molar-refractivity contribution < 1.29 is 9.53 Å². The van der Waals surface area contributed by atoms with Crippen LogP contribution < -0.4 is 4.74 Å². The molecule has 0 unspecified atom stereocenters. The van der Waals surface area contributed by atoms with Crippen molar-refractivity contribution in [3.8, 4) is 5.88 Å². The third kappa shape index (κ3) is 1.00. The molecule has 0 spiro atoms. The molecule has 0 fully saturated rings. The van der Waals surface area contributed by atoms with Gasteiger partial charge in [-0.3, -0.25) is 4.79 Å². The van der Waals surface area contributed by atoms with E-state index >= 15 is 0 Å². The Morgan fingerprint density at radius 2 is 2.50 bits per heavy atom. The molecule has 0 aliphatic carbocycles. The molecule has 0 bridgehead atoms. The molecule has 1 rings (SSSR count). The van der Waals surface area contributed by atoms with Crippen LogP contribution in [-0.4, -0.2) is 16.0 Å². The third-order valence-electron chi connectivity index (χ3n) is 1.35. The molecule has 4 nitrogen and oxygen atoms in total. The maximum Gasteiger partial charge on any atom is 0.299 e. The summed E-state index contributed by atoms with van der Waals surface area (Å²) >= 11 is 0. The molecular weight excluding hydrogens is 132 g/mol. The molecule has 0 aliphatic heterocycles. The average Bonchev–Trinajstić information content (AvgIpc) is 2.20. The number of aromatic nitrogens is 2. The van der Waals surface area contributed by atoms with E-state index in [1.165, 1.54) is 6.20 Å². The van der Waals surface area contributed by atoms with Crippen molar-refractivity contribution in [2.24, 2.45) is 7.05 Å². The van der Waals surface area contributed by atoms with Crippen molar-refractivity contribution in [2.75, 3.05) is 0 Å². The van der Waals surface area contributed by atoms with Crippen LogP contribution in [0.25, 0.3) is 0 Å². The van der Waals surface area contributed by atoms with Gasteiger partial charge in [0.15, 0.2) is 0 Å². The summed E-state index contributed by atoms with van der Waals surface area (Å²) in [6.07, 6.45) is 1.50. The normalized spacial score (nSPS) is 9.40. The van der Waals surface area contributed by atoms with Gasteiger partial charge in [0.05, 0.1) is 6.20 Å². The molecule has 0 saturated heterocycles. The molecule has 1 aromatic heterocycles. The Bertz CT molecular complexity index is 242. The molecule has 0 radical (unpaired) electrons. The molecule has 0 aliphatic rings. The monoisotopic (exact) mass is 140 g/mol. The van der Waals surface area contributed by atoms with Gasteiger partial charge < -0.3 is 9.30 Å². The zero-order valence-electron chi connectivity index (χ0n) is 5.87. The van der Waals surface area contributed by atoms with E-state index in [1.807, 2.05) is 6.92 Å². The van der Waals surface area contributed by atoms with E-state index in [1.54, 1.807) is 11.6 Å². The Kier molecular flexibility index (Phi) is 1.71. The molecule has 0 saturated carbocycles. The summed E-state index contributed by atoms with van der Waals surface area (Å²) in [5.41, 5.74) is 0. The molecule has 0 amide bonds. The van der Waals surface area contributed by atoms with E-state index in [2.05, 4.69) is 9.72 Å². The van der Waals surface area contributed by atoms with Crippen LogP contribution in [0.2, 0.25) is 0 Å². The van der Waals surface area contributed by atoms with Gasteiger partial charge in [-0.1, -0.05) is 0 Å². The number of hydrogen-bond acceptors (Lipinski definition) is 3. The quantitative estimate of drug-likeness (QED) is 0.553. The average molecular weight is 140 g/mol. The van der Waals surface area contributed by atoms with E-state index in [9.17, 15) is 4.79 Å². The first-order chi connectivity index (χ1) is 4.75. The Balaban J connectivity index is 2.93. The van der Waals surface area contributed by atoms with Crippen molar-refractivity contribution in [2.45, 2.75) is 6.92 Å². The minimum atomic E-state index is 0.385. The SMILES string of the molecule is Cc1ncc(OC=O)n1C. The molecule has 54 valence electrons. The number of hydrogen-bond donors (Lipinski definition) is 0. The minimum absolute atomic E-state index is 0.385. The molecule has 0 N–H and O–H groups in total. The molecule has 0 atom stereocenters. The third-order valence-corrected chi connectivity index (χ3v) is 1.35. The topological polar surface area (TPSA) is 44.1 Å². The standard InChI is InChI=1S/C6H8N2O2/c1-5-7-3-6(8(5)2)10-4-9/h3-4H,1-2H3. The smallest absolute Gasteiger partial charge is 0.299 e. The summed E-state index contributed by atoms with van der Waals surface area (Å²) < 4.78 is 6.27. The van der Waals surface area contributed by atoms with Gasteiger partial charge in [-0.25, -0.2) is 4.98 Å². The van der Waals surface area contributed by atoms with Gasteiger partial charge in [0.25, 0.3) is 6.47 Å². The van der Waals surface area contributed by atoms with Crippen LogP contribution in [0.5, 0.6) is 5.88 Å². The lowest BCUT2D eigenvalue weighted by Gasteiger charge is -1.97. The van der Waals surface area contributed by atoms with Crippen LogP contribution in [0.4, 0.5) is 0 Å². The highest BCUT2D eigenvalue weighted by molar-refractivity contribution is 5.42. The van der Waals surface area contributed by atoms with Gasteiger partial charge in [0.1, 0.15) is 5.82 Å². The Hall–Kier alpha value is -1.32. The van der Waals surface area contributed by atoms with E-state index in [-0.39, 0.29) is 0 Å². The van der Waals surface area contributed by atoms with Crippen LogP contribution in [0.3, 0.4) is 0 Å². The fourth-order valence-corrected chi connectivity index (χ4v) is 0.640. The lowest BCUT2D eigenvalue weighted by Crippen LogP contribution is -1.97. The fraction of sp³-hybridized carbons (Fsp3) is 0.333. The van der Waals surface area contributed by atoms with Crippen molar-refractivity contribution in [1.29, 1.82) is 0 Å². The Labute approximate surface area is 58.4 Å². The maximum absolute atomic E-state index is 9.87. The second-order valence-corrected chi connectivity index (χ2v) is 1.92. The molecule has 1 aromatic rings. The number of carbonyl (C=O) groups excluding carboxylic acids is 1. The van der Waals surface area contributed by atoms with E-state index < -0.39 is 0 Å². The summed E-state index contributed by atoms with van der Waals surface area (Å²) in [6.45, 7) is 2.22. The predicted molar refractivity (Wildman–Crippen MR) is 34.6 cm³/mol. The number of carbonyl (C=O) groups is 1. The summed E-state index contributed by atoms with van der Waals surface area (Å²) in [7, 11) is 1.78. The minimum Gasteiger partial charge on any atom is -0.410 e. The Morgan fingerprint density at radius 1 is 1.80 bits per heavy atom. The van der Waals surface area contributed by atoms with Gasteiger partial charge in [-0.05, 0) is 6.92 Å². The molecule has 1 heterocycles. The first-order valence-electron chi connectivity index (χ1n) is 2.84. The lowest BCUT2D eigenvalue weighted by atomic mass is 10.7. The van der Waals surface area contributed by atoms with Crippen LogP contribution in [0, 0.1) is 6.92 Å². The second-order valence-electron chi connectivity index (χ2n) is 1.92. The van der Waals surface area contributed by atoms with Gasteiger partial charge in [-0.15, -0.1) is 0 Å². The van der Waals surface area contributed by atoms with E-state index in [4.69, 9.17) is 0 Å². The van der Waals surface area contributed by atoms with Crippen molar-refractivity contribution in [3.63, 3.8) is 0 Å². The highest BCUT2D eigenvalue weighted by Crippen LogP contribution is 2.08. The summed E-state index contributed by atoms with van der Waals surface area (Å²) in [5, 5.41) is 0. The van der Waals surface area contributed by atoms with Crippen LogP contribution in [0.15, 0.2) is 6.20 Å².